The molecule has 2 aromatic heterocycles. The monoisotopic (exact) mass is 982 g/mol. The molecule has 76 heavy (non-hydrogen) atoms. The van der Waals surface area contributed by atoms with Crippen LogP contribution in [0.1, 0.15) is 22.3 Å². The molecule has 0 aliphatic heterocycles. The summed E-state index contributed by atoms with van der Waals surface area (Å²) in [6.45, 7) is 0. The fourth-order valence-corrected chi connectivity index (χ4v) is 18.3. The number of rotatable bonds is 9. The minimum atomic E-state index is -2.82. The fourth-order valence-electron chi connectivity index (χ4n) is 13.5. The van der Waals surface area contributed by atoms with Crippen molar-refractivity contribution in [1.29, 1.82) is 0 Å². The van der Waals surface area contributed by atoms with Crippen LogP contribution in [0, 0.1) is 0 Å². The zero-order chi connectivity index (χ0) is 50.2. The van der Waals surface area contributed by atoms with Crippen LogP contribution in [-0.2, 0) is 5.41 Å². The van der Waals surface area contributed by atoms with Gasteiger partial charge in [-0.15, -0.1) is 0 Å². The maximum Gasteiger partial charge on any atom is 0.179 e. The second kappa shape index (κ2) is 17.6. The molecule has 356 valence electrons. The zero-order valence-corrected chi connectivity index (χ0v) is 42.8. The first-order valence-corrected chi connectivity index (χ1v) is 28.4. The quantitative estimate of drug-likeness (QED) is 0.101. The third kappa shape index (κ3) is 6.33. The second-order valence-electron chi connectivity index (χ2n) is 20.3. The summed E-state index contributed by atoms with van der Waals surface area (Å²) in [6.07, 6.45) is 0. The van der Waals surface area contributed by atoms with Crippen LogP contribution in [0.25, 0.3) is 77.2 Å². The molecule has 0 saturated heterocycles. The van der Waals surface area contributed by atoms with E-state index in [0.29, 0.717) is 0 Å². The largest absolute Gasteiger partial charge is 0.309 e. The molecule has 3 heteroatoms. The molecule has 15 rings (SSSR count). The number of hydrogen-bond acceptors (Lipinski definition) is 0. The van der Waals surface area contributed by atoms with E-state index in [1.807, 2.05) is 0 Å². The van der Waals surface area contributed by atoms with E-state index in [4.69, 9.17) is 0 Å². The van der Waals surface area contributed by atoms with Gasteiger partial charge in [-0.2, -0.15) is 0 Å². The molecule has 0 saturated carbocycles. The van der Waals surface area contributed by atoms with Crippen molar-refractivity contribution in [3.05, 3.63) is 326 Å². The van der Waals surface area contributed by atoms with E-state index in [0.717, 1.165) is 16.9 Å². The highest BCUT2D eigenvalue weighted by Gasteiger charge is 2.46. The van der Waals surface area contributed by atoms with Gasteiger partial charge < -0.3 is 9.13 Å². The molecular formula is C73H50N2Si. The number of aromatic nitrogens is 2. The van der Waals surface area contributed by atoms with Crippen LogP contribution < -0.4 is 20.7 Å². The Balaban J connectivity index is 0.982. The Morgan fingerprint density at radius 2 is 0.763 bits per heavy atom. The molecule has 0 unspecified atom stereocenters. The van der Waals surface area contributed by atoms with Crippen LogP contribution in [0.2, 0.25) is 0 Å². The Bertz CT molecular complexity index is 4360. The first-order valence-electron chi connectivity index (χ1n) is 26.4. The average molecular weight is 983 g/mol. The van der Waals surface area contributed by atoms with E-state index in [9.17, 15) is 0 Å². The first kappa shape index (κ1) is 44.0. The van der Waals surface area contributed by atoms with E-state index in [2.05, 4.69) is 312 Å². The summed E-state index contributed by atoms with van der Waals surface area (Å²) >= 11 is 0. The summed E-state index contributed by atoms with van der Waals surface area (Å²) in [5, 5.41) is 10.3. The van der Waals surface area contributed by atoms with Crippen LogP contribution in [0.15, 0.2) is 303 Å². The third-order valence-corrected chi connectivity index (χ3v) is 21.3. The van der Waals surface area contributed by atoms with Crippen molar-refractivity contribution in [2.75, 3.05) is 0 Å². The molecule has 2 nitrogen and oxygen atoms in total. The topological polar surface area (TPSA) is 9.86 Å². The molecular weight excluding hydrogens is 933 g/mol. The van der Waals surface area contributed by atoms with Gasteiger partial charge >= 0.3 is 0 Å². The molecule has 0 radical (unpaired) electrons. The van der Waals surface area contributed by atoms with Crippen LogP contribution in [0.5, 0.6) is 0 Å². The lowest BCUT2D eigenvalue weighted by atomic mass is 9.67. The minimum absolute atomic E-state index is 0.513. The third-order valence-electron chi connectivity index (χ3n) is 16.5. The molecule has 14 aromatic rings. The van der Waals surface area contributed by atoms with E-state index < -0.39 is 13.5 Å². The van der Waals surface area contributed by atoms with E-state index >= 15 is 0 Å². The summed E-state index contributed by atoms with van der Waals surface area (Å²) in [6, 6.07) is 113. The Morgan fingerprint density at radius 1 is 0.289 bits per heavy atom. The van der Waals surface area contributed by atoms with Crippen molar-refractivity contribution >= 4 is 72.4 Å². The van der Waals surface area contributed by atoms with Crippen LogP contribution in [0.4, 0.5) is 0 Å². The second-order valence-corrected chi connectivity index (χ2v) is 24.1. The molecule has 1 aliphatic carbocycles. The van der Waals surface area contributed by atoms with Gasteiger partial charge in [-0.3, -0.25) is 0 Å². The Morgan fingerprint density at radius 3 is 1.42 bits per heavy atom. The van der Waals surface area contributed by atoms with Gasteiger partial charge in [0.1, 0.15) is 0 Å². The van der Waals surface area contributed by atoms with Gasteiger partial charge in [-0.05, 0) is 102 Å². The molecule has 0 bridgehead atoms. The van der Waals surface area contributed by atoms with E-state index in [-0.39, 0.29) is 0 Å². The van der Waals surface area contributed by atoms with Crippen molar-refractivity contribution in [1.82, 2.24) is 9.13 Å². The number of fused-ring (bicyclic) bond motifs is 9. The van der Waals surface area contributed by atoms with Gasteiger partial charge in [0.25, 0.3) is 0 Å². The Labute approximate surface area is 443 Å². The highest BCUT2D eigenvalue weighted by atomic mass is 28.3. The van der Waals surface area contributed by atoms with Gasteiger partial charge in [0.2, 0.25) is 0 Å². The van der Waals surface area contributed by atoms with Gasteiger partial charge in [0.05, 0.1) is 33.2 Å². The highest BCUT2D eigenvalue weighted by Crippen LogP contribution is 2.57. The van der Waals surface area contributed by atoms with Gasteiger partial charge in [-0.25, -0.2) is 0 Å². The van der Waals surface area contributed by atoms with Gasteiger partial charge in [-0.1, -0.05) is 261 Å². The van der Waals surface area contributed by atoms with Crippen molar-refractivity contribution in [3.63, 3.8) is 0 Å². The Kier molecular flexibility index (Phi) is 10.2. The first-order chi connectivity index (χ1) is 37.7. The molecule has 0 atom stereocenters. The van der Waals surface area contributed by atoms with Crippen LogP contribution in [0.3, 0.4) is 0 Å². The fraction of sp³-hybridized carbons (Fsp3) is 0.0137. The zero-order valence-electron chi connectivity index (χ0n) is 41.8. The van der Waals surface area contributed by atoms with E-state index in [1.54, 1.807) is 0 Å². The minimum Gasteiger partial charge on any atom is -0.309 e. The van der Waals surface area contributed by atoms with Crippen LogP contribution >= 0.6 is 0 Å². The standard InChI is InChI=1S/C73H50N2Si/c1-6-25-52(26-7-1)73(53-27-8-2-9-28-53)65-42-19-16-37-60(65)61-48-47-51(49-66(61)73)59-40-23-41-63-62-38-17-20-43-67(62)75(72(59)63)70-46-24-45-69-71(70)64-39-18-21-44-68(64)74(69)54-29-22-36-58(50-54)76(55-30-10-3-11-31-55,56-32-12-4-13-33-56)57-34-14-5-15-35-57/h1-50H. The van der Waals surface area contributed by atoms with Crippen molar-refractivity contribution in [2.45, 2.75) is 5.41 Å². The summed E-state index contributed by atoms with van der Waals surface area (Å²) < 4.78 is 5.08. The molecule has 1 aliphatic rings. The smallest absolute Gasteiger partial charge is 0.179 e. The van der Waals surface area contributed by atoms with Crippen molar-refractivity contribution < 1.29 is 0 Å². The predicted octanol–water partition coefficient (Wildman–Crippen LogP) is 15.3. The summed E-state index contributed by atoms with van der Waals surface area (Å²) in [7, 11) is -2.82. The molecule has 0 spiro atoms. The molecule has 2 heterocycles. The molecule has 0 amide bonds. The summed E-state index contributed by atoms with van der Waals surface area (Å²) in [4.78, 5) is 0. The maximum atomic E-state index is 2.57. The van der Waals surface area contributed by atoms with Gasteiger partial charge in [0.15, 0.2) is 8.07 Å². The summed E-state index contributed by atoms with van der Waals surface area (Å²) in [5.74, 6) is 0. The Hall–Kier alpha value is -9.54. The predicted molar refractivity (Wildman–Crippen MR) is 321 cm³/mol. The lowest BCUT2D eigenvalue weighted by Gasteiger charge is -2.34. The number of para-hydroxylation sites is 3. The van der Waals surface area contributed by atoms with Gasteiger partial charge in [0, 0.05) is 32.8 Å². The van der Waals surface area contributed by atoms with Crippen molar-refractivity contribution in [3.8, 4) is 33.6 Å². The molecule has 0 fully saturated rings. The molecule has 12 aromatic carbocycles. The maximum absolute atomic E-state index is 2.82. The SMILES string of the molecule is c1ccc(C2(c3ccccc3)c3ccccc3-c3ccc(-c4cccc5c6ccccc6n(-c6cccc7c6c6ccccc6n7-c6cccc([Si](c7ccccc7)(c7ccccc7)c7ccccc7)c6)c45)cc32)cc1. The van der Waals surface area contributed by atoms with E-state index in [1.165, 1.54) is 103 Å². The van der Waals surface area contributed by atoms with Crippen molar-refractivity contribution in [2.24, 2.45) is 0 Å². The lowest BCUT2D eigenvalue weighted by Crippen LogP contribution is -2.74. The highest BCUT2D eigenvalue weighted by molar-refractivity contribution is 7.19. The number of benzene rings is 12. The lowest BCUT2D eigenvalue weighted by molar-refractivity contribution is 0.769. The number of hydrogen-bond donors (Lipinski definition) is 0. The average Bonchev–Trinajstić information content (AvgIpc) is 4.29. The summed E-state index contributed by atoms with van der Waals surface area (Å²) in [5.41, 5.74) is 16.6. The van der Waals surface area contributed by atoms with Crippen LogP contribution in [-0.4, -0.2) is 17.2 Å². The number of nitrogens with zero attached hydrogens (tertiary/aromatic N) is 2. The molecule has 0 N–H and O–H groups in total. The normalized spacial score (nSPS) is 12.8.